The summed E-state index contributed by atoms with van der Waals surface area (Å²) in [4.78, 5) is 10.5. The monoisotopic (exact) mass is 239 g/mol. The summed E-state index contributed by atoms with van der Waals surface area (Å²) in [5.41, 5.74) is 0.813. The number of carboxylic acid groups (broad SMARTS) is 1. The van der Waals surface area contributed by atoms with Crippen LogP contribution in [0.25, 0.3) is 0 Å². The van der Waals surface area contributed by atoms with Crippen LogP contribution in [0.15, 0.2) is 0 Å². The van der Waals surface area contributed by atoms with E-state index in [0.717, 1.165) is 18.9 Å². The van der Waals surface area contributed by atoms with Gasteiger partial charge >= 0.3 is 5.97 Å². The van der Waals surface area contributed by atoms with Crippen molar-refractivity contribution in [3.8, 4) is 0 Å². The van der Waals surface area contributed by atoms with Crippen LogP contribution in [0.5, 0.6) is 0 Å². The van der Waals surface area contributed by atoms with Crippen LogP contribution in [0.4, 0.5) is 0 Å². The van der Waals surface area contributed by atoms with Crippen molar-refractivity contribution in [3.63, 3.8) is 0 Å². The zero-order chi connectivity index (χ0) is 12.7. The van der Waals surface area contributed by atoms with Crippen molar-refractivity contribution in [2.24, 2.45) is 16.7 Å². The number of hydrogen-bond acceptors (Lipinski definition) is 2. The predicted octanol–water partition coefficient (Wildman–Crippen LogP) is 2.66. The minimum atomic E-state index is -0.690. The van der Waals surface area contributed by atoms with Gasteiger partial charge in [0.05, 0.1) is 0 Å². The molecule has 0 aromatic heterocycles. The quantitative estimate of drug-likeness (QED) is 0.725. The van der Waals surface area contributed by atoms with E-state index in [1.54, 1.807) is 0 Å². The molecule has 2 aliphatic carbocycles. The molecule has 0 aromatic rings. The van der Waals surface area contributed by atoms with Gasteiger partial charge in [-0.15, -0.1) is 0 Å². The lowest BCUT2D eigenvalue weighted by molar-refractivity contribution is -0.137. The van der Waals surface area contributed by atoms with E-state index in [-0.39, 0.29) is 6.42 Å². The van der Waals surface area contributed by atoms with Gasteiger partial charge < -0.3 is 10.4 Å². The lowest BCUT2D eigenvalue weighted by Crippen LogP contribution is -2.50. The van der Waals surface area contributed by atoms with E-state index >= 15 is 0 Å². The standard InChI is InChI=1S/C14H25NO2/c1-13(2)10-6-7-14(3,9-10)12(13)15-8-4-5-11(16)17/h10,12,15H,4-9H2,1-3H3,(H,16,17). The highest BCUT2D eigenvalue weighted by molar-refractivity contribution is 5.66. The van der Waals surface area contributed by atoms with Gasteiger partial charge in [-0.1, -0.05) is 20.8 Å². The lowest BCUT2D eigenvalue weighted by Gasteiger charge is -2.43. The Hall–Kier alpha value is -0.570. The summed E-state index contributed by atoms with van der Waals surface area (Å²) >= 11 is 0. The van der Waals surface area contributed by atoms with Crippen LogP contribution < -0.4 is 5.32 Å². The largest absolute Gasteiger partial charge is 0.481 e. The third-order valence-corrected chi connectivity index (χ3v) is 5.19. The van der Waals surface area contributed by atoms with Crippen LogP contribution >= 0.6 is 0 Å². The van der Waals surface area contributed by atoms with Gasteiger partial charge in [0.15, 0.2) is 0 Å². The molecule has 2 fully saturated rings. The molecular weight excluding hydrogens is 214 g/mol. The zero-order valence-corrected chi connectivity index (χ0v) is 11.3. The summed E-state index contributed by atoms with van der Waals surface area (Å²) in [6, 6.07) is 0.558. The van der Waals surface area contributed by atoms with Crippen molar-refractivity contribution < 1.29 is 9.90 Å². The molecule has 3 nitrogen and oxygen atoms in total. The van der Waals surface area contributed by atoms with Crippen LogP contribution in [0.1, 0.15) is 52.9 Å². The molecule has 0 saturated heterocycles. The van der Waals surface area contributed by atoms with E-state index in [1.165, 1.54) is 19.3 Å². The third-order valence-electron chi connectivity index (χ3n) is 5.19. The van der Waals surface area contributed by atoms with Gasteiger partial charge in [0.1, 0.15) is 0 Å². The molecule has 2 saturated carbocycles. The number of fused-ring (bicyclic) bond motifs is 2. The zero-order valence-electron chi connectivity index (χ0n) is 11.3. The van der Waals surface area contributed by atoms with Crippen molar-refractivity contribution in [1.82, 2.24) is 5.32 Å². The molecule has 0 heterocycles. The van der Waals surface area contributed by atoms with Gasteiger partial charge in [0, 0.05) is 12.5 Å². The average molecular weight is 239 g/mol. The molecule has 17 heavy (non-hydrogen) atoms. The maximum Gasteiger partial charge on any atom is 0.303 e. The Bertz CT molecular complexity index is 309. The second-order valence-corrected chi connectivity index (χ2v) is 6.80. The highest BCUT2D eigenvalue weighted by Crippen LogP contribution is 2.62. The molecule has 0 aliphatic heterocycles. The number of nitrogens with one attached hydrogen (secondary N) is 1. The maximum absolute atomic E-state index is 10.5. The number of hydrogen-bond donors (Lipinski definition) is 2. The van der Waals surface area contributed by atoms with Gasteiger partial charge in [-0.2, -0.15) is 0 Å². The van der Waals surface area contributed by atoms with E-state index in [4.69, 9.17) is 5.11 Å². The van der Waals surface area contributed by atoms with Crippen molar-refractivity contribution in [2.45, 2.75) is 58.9 Å². The number of aliphatic carboxylic acids is 1. The molecule has 2 bridgehead atoms. The molecule has 2 N–H and O–H groups in total. The van der Waals surface area contributed by atoms with Gasteiger partial charge in [0.2, 0.25) is 0 Å². The molecule has 3 heteroatoms. The molecule has 3 unspecified atom stereocenters. The average Bonchev–Trinajstić information content (AvgIpc) is 2.67. The molecule has 0 spiro atoms. The Kier molecular flexibility index (Phi) is 3.23. The number of carbonyl (C=O) groups is 1. The topological polar surface area (TPSA) is 49.3 Å². The first-order valence-corrected chi connectivity index (χ1v) is 6.81. The van der Waals surface area contributed by atoms with E-state index in [0.29, 0.717) is 16.9 Å². The highest BCUT2D eigenvalue weighted by atomic mass is 16.4. The Morgan fingerprint density at radius 1 is 1.41 bits per heavy atom. The molecular formula is C14H25NO2. The smallest absolute Gasteiger partial charge is 0.303 e. The number of carboxylic acids is 1. The van der Waals surface area contributed by atoms with E-state index < -0.39 is 5.97 Å². The summed E-state index contributed by atoms with van der Waals surface area (Å²) in [7, 11) is 0. The number of rotatable bonds is 5. The first kappa shape index (κ1) is 12.9. The van der Waals surface area contributed by atoms with E-state index in [9.17, 15) is 4.79 Å². The summed E-state index contributed by atoms with van der Waals surface area (Å²) in [6.45, 7) is 7.98. The van der Waals surface area contributed by atoms with Crippen molar-refractivity contribution in [2.75, 3.05) is 6.54 Å². The predicted molar refractivity (Wildman–Crippen MR) is 67.9 cm³/mol. The summed E-state index contributed by atoms with van der Waals surface area (Å²) in [6.07, 6.45) is 5.06. The highest BCUT2D eigenvalue weighted by Gasteiger charge is 2.58. The summed E-state index contributed by atoms with van der Waals surface area (Å²) < 4.78 is 0. The van der Waals surface area contributed by atoms with Crippen LogP contribution in [-0.2, 0) is 4.79 Å². The third kappa shape index (κ3) is 2.22. The van der Waals surface area contributed by atoms with Gasteiger partial charge in [-0.3, -0.25) is 4.79 Å². The first-order valence-electron chi connectivity index (χ1n) is 6.81. The Labute approximate surface area is 104 Å². The van der Waals surface area contributed by atoms with Gasteiger partial charge in [-0.25, -0.2) is 0 Å². The van der Waals surface area contributed by atoms with Gasteiger partial charge in [-0.05, 0) is 49.0 Å². The summed E-state index contributed by atoms with van der Waals surface area (Å²) in [5, 5.41) is 12.3. The van der Waals surface area contributed by atoms with Crippen LogP contribution in [0.3, 0.4) is 0 Å². The van der Waals surface area contributed by atoms with Crippen molar-refractivity contribution in [1.29, 1.82) is 0 Å². The molecule has 2 rings (SSSR count). The lowest BCUT2D eigenvalue weighted by atomic mass is 9.68. The second kappa shape index (κ2) is 4.27. The fourth-order valence-corrected chi connectivity index (χ4v) is 4.30. The van der Waals surface area contributed by atoms with Gasteiger partial charge in [0.25, 0.3) is 0 Å². The van der Waals surface area contributed by atoms with Crippen molar-refractivity contribution in [3.05, 3.63) is 0 Å². The van der Waals surface area contributed by atoms with E-state index in [2.05, 4.69) is 26.1 Å². The molecule has 3 atom stereocenters. The Balaban J connectivity index is 1.89. The first-order chi connectivity index (χ1) is 7.86. The Morgan fingerprint density at radius 2 is 2.12 bits per heavy atom. The minimum absolute atomic E-state index is 0.278. The summed E-state index contributed by atoms with van der Waals surface area (Å²) in [5.74, 6) is 0.162. The SMILES string of the molecule is CC12CCC(C1)C(C)(C)C2NCCCC(=O)O. The van der Waals surface area contributed by atoms with Crippen LogP contribution in [0.2, 0.25) is 0 Å². The van der Waals surface area contributed by atoms with Crippen molar-refractivity contribution >= 4 is 5.97 Å². The molecule has 98 valence electrons. The molecule has 2 aliphatic rings. The molecule has 0 radical (unpaired) electrons. The van der Waals surface area contributed by atoms with E-state index in [1.807, 2.05) is 0 Å². The Morgan fingerprint density at radius 3 is 2.65 bits per heavy atom. The molecule has 0 amide bonds. The fraction of sp³-hybridized carbons (Fsp3) is 0.929. The van der Waals surface area contributed by atoms with Crippen LogP contribution in [-0.4, -0.2) is 23.7 Å². The maximum atomic E-state index is 10.5. The van der Waals surface area contributed by atoms with Crippen LogP contribution in [0, 0.1) is 16.7 Å². The molecule has 0 aromatic carbocycles. The fourth-order valence-electron chi connectivity index (χ4n) is 4.30. The second-order valence-electron chi connectivity index (χ2n) is 6.80. The minimum Gasteiger partial charge on any atom is -0.481 e. The normalized spacial score (nSPS) is 38.5.